The van der Waals surface area contributed by atoms with Gasteiger partial charge in [-0.3, -0.25) is 24.9 Å². The standard InChI is InChI=1S/C25H29F2N7O2/c1-2-16-13-19-22(30-24(16)35)21(26)17(14-28-19)15-32-9-11-33(12-10-32)20-6-5-18(29-23(20)27)25(36)31-34-7-3-4-8-34/h5-6,13-14H,2-4,7-12,15H2,1H3,(H,30,35)(H,31,36). The molecule has 0 radical (unpaired) electrons. The molecule has 1 amide bonds. The van der Waals surface area contributed by atoms with Crippen molar-refractivity contribution in [3.8, 4) is 0 Å². The number of halogens is 2. The lowest BCUT2D eigenvalue weighted by Gasteiger charge is -2.36. The molecule has 0 bridgehead atoms. The van der Waals surface area contributed by atoms with E-state index in [2.05, 4.69) is 25.3 Å². The lowest BCUT2D eigenvalue weighted by molar-refractivity contribution is 0.0819. The molecule has 3 aromatic heterocycles. The summed E-state index contributed by atoms with van der Waals surface area (Å²) in [5.74, 6) is -1.57. The lowest BCUT2D eigenvalue weighted by Crippen LogP contribution is -2.46. The number of amides is 1. The van der Waals surface area contributed by atoms with Gasteiger partial charge in [0.1, 0.15) is 11.2 Å². The Morgan fingerprint density at radius 1 is 1.08 bits per heavy atom. The number of piperazine rings is 1. The maximum Gasteiger partial charge on any atom is 0.284 e. The second kappa shape index (κ2) is 10.3. The molecule has 0 aliphatic carbocycles. The zero-order chi connectivity index (χ0) is 25.2. The highest BCUT2D eigenvalue weighted by Gasteiger charge is 2.23. The van der Waals surface area contributed by atoms with E-state index in [4.69, 9.17) is 0 Å². The first-order chi connectivity index (χ1) is 17.4. The van der Waals surface area contributed by atoms with Crippen molar-refractivity contribution >= 4 is 22.6 Å². The third-order valence-electron chi connectivity index (χ3n) is 6.87. The Morgan fingerprint density at radius 2 is 1.83 bits per heavy atom. The fourth-order valence-corrected chi connectivity index (χ4v) is 4.77. The summed E-state index contributed by atoms with van der Waals surface area (Å²) in [5.41, 5.74) is 4.37. The molecule has 11 heteroatoms. The van der Waals surface area contributed by atoms with Crippen LogP contribution in [-0.4, -0.2) is 70.0 Å². The number of aromatic amines is 1. The molecule has 0 spiro atoms. The number of hydrogen-bond donors (Lipinski definition) is 2. The summed E-state index contributed by atoms with van der Waals surface area (Å²) < 4.78 is 29.9. The van der Waals surface area contributed by atoms with E-state index in [9.17, 15) is 14.0 Å². The van der Waals surface area contributed by atoms with Gasteiger partial charge in [-0.05, 0) is 37.5 Å². The number of aromatic nitrogens is 3. The average molecular weight is 498 g/mol. The SMILES string of the molecule is CCc1cc2ncc(CN3CCN(c4ccc(C(=O)NN5CCCC5)nc4F)CC3)c(F)c2[nH]c1=O. The van der Waals surface area contributed by atoms with Gasteiger partial charge in [0.05, 0.1) is 11.2 Å². The van der Waals surface area contributed by atoms with E-state index in [0.29, 0.717) is 61.5 Å². The summed E-state index contributed by atoms with van der Waals surface area (Å²) >= 11 is 0. The van der Waals surface area contributed by atoms with Crippen LogP contribution in [0.3, 0.4) is 0 Å². The van der Waals surface area contributed by atoms with Crippen molar-refractivity contribution in [2.45, 2.75) is 32.7 Å². The Hall–Kier alpha value is -3.44. The number of nitrogens with one attached hydrogen (secondary N) is 2. The van der Waals surface area contributed by atoms with E-state index in [1.165, 1.54) is 12.3 Å². The molecule has 2 aliphatic rings. The third kappa shape index (κ3) is 4.93. The molecular weight excluding hydrogens is 468 g/mol. The largest absolute Gasteiger partial charge is 0.365 e. The van der Waals surface area contributed by atoms with Gasteiger partial charge in [0.2, 0.25) is 5.95 Å². The van der Waals surface area contributed by atoms with Crippen LogP contribution >= 0.6 is 0 Å². The number of aryl methyl sites for hydroxylation is 1. The van der Waals surface area contributed by atoms with Crippen LogP contribution in [0.15, 0.2) is 29.2 Å². The highest BCUT2D eigenvalue weighted by Crippen LogP contribution is 2.22. The smallest absolute Gasteiger partial charge is 0.284 e. The number of hydrazine groups is 1. The van der Waals surface area contributed by atoms with Crippen molar-refractivity contribution in [3.63, 3.8) is 0 Å². The molecule has 5 heterocycles. The maximum atomic E-state index is 15.1. The Balaban J connectivity index is 1.22. The van der Waals surface area contributed by atoms with E-state index in [-0.39, 0.29) is 16.8 Å². The van der Waals surface area contributed by atoms with Crippen molar-refractivity contribution in [2.75, 3.05) is 44.2 Å². The average Bonchev–Trinajstić information content (AvgIpc) is 3.39. The lowest BCUT2D eigenvalue weighted by atomic mass is 10.1. The molecule has 0 unspecified atom stereocenters. The number of pyridine rings is 3. The number of fused-ring (bicyclic) bond motifs is 1. The van der Waals surface area contributed by atoms with Crippen LogP contribution in [0, 0.1) is 11.8 Å². The first-order valence-electron chi connectivity index (χ1n) is 12.3. The molecular formula is C25H29F2N7O2. The topological polar surface area (TPSA) is 97.5 Å². The van der Waals surface area contributed by atoms with Gasteiger partial charge in [-0.1, -0.05) is 6.92 Å². The van der Waals surface area contributed by atoms with E-state index in [0.717, 1.165) is 25.9 Å². The van der Waals surface area contributed by atoms with Crippen LogP contribution in [0.5, 0.6) is 0 Å². The summed E-state index contributed by atoms with van der Waals surface area (Å²) in [6.07, 6.45) is 4.11. The van der Waals surface area contributed by atoms with Crippen LogP contribution in [0.25, 0.3) is 11.0 Å². The van der Waals surface area contributed by atoms with E-state index < -0.39 is 17.7 Å². The fourth-order valence-electron chi connectivity index (χ4n) is 4.77. The molecule has 9 nitrogen and oxygen atoms in total. The number of carbonyl (C=O) groups is 1. The molecule has 2 saturated heterocycles. The van der Waals surface area contributed by atoms with Gasteiger partial charge in [-0.15, -0.1) is 0 Å². The van der Waals surface area contributed by atoms with Crippen LogP contribution < -0.4 is 15.9 Å². The van der Waals surface area contributed by atoms with Gasteiger partial charge in [0, 0.05) is 63.1 Å². The normalized spacial score (nSPS) is 17.1. The monoisotopic (exact) mass is 497 g/mol. The van der Waals surface area contributed by atoms with Gasteiger partial charge >= 0.3 is 0 Å². The van der Waals surface area contributed by atoms with Crippen LogP contribution in [0.4, 0.5) is 14.5 Å². The number of carbonyl (C=O) groups excluding carboxylic acids is 1. The van der Waals surface area contributed by atoms with Gasteiger partial charge in [-0.25, -0.2) is 14.4 Å². The molecule has 190 valence electrons. The minimum absolute atomic E-state index is 0.0464. The van der Waals surface area contributed by atoms with Gasteiger partial charge in [0.15, 0.2) is 5.82 Å². The quantitative estimate of drug-likeness (QED) is 0.504. The summed E-state index contributed by atoms with van der Waals surface area (Å²) in [6, 6.07) is 4.76. The summed E-state index contributed by atoms with van der Waals surface area (Å²) in [4.78, 5) is 39.3. The Morgan fingerprint density at radius 3 is 2.53 bits per heavy atom. The first kappa shape index (κ1) is 24.3. The van der Waals surface area contributed by atoms with Crippen molar-refractivity contribution in [3.05, 3.63) is 63.3 Å². The van der Waals surface area contributed by atoms with Gasteiger partial charge < -0.3 is 9.88 Å². The minimum atomic E-state index is -0.683. The summed E-state index contributed by atoms with van der Waals surface area (Å²) in [6.45, 7) is 5.98. The van der Waals surface area contributed by atoms with Crippen molar-refractivity contribution in [2.24, 2.45) is 0 Å². The van der Waals surface area contributed by atoms with E-state index in [1.54, 1.807) is 12.1 Å². The highest BCUT2D eigenvalue weighted by atomic mass is 19.1. The predicted molar refractivity (Wildman–Crippen MR) is 132 cm³/mol. The Kier molecular flexibility index (Phi) is 6.92. The second-order valence-corrected chi connectivity index (χ2v) is 9.24. The minimum Gasteiger partial charge on any atom is -0.365 e. The second-order valence-electron chi connectivity index (χ2n) is 9.24. The number of hydrogen-bond acceptors (Lipinski definition) is 7. The fraction of sp³-hybridized carbons (Fsp3) is 0.440. The summed E-state index contributed by atoms with van der Waals surface area (Å²) in [7, 11) is 0. The molecule has 5 rings (SSSR count). The molecule has 0 saturated carbocycles. The van der Waals surface area contributed by atoms with E-state index in [1.807, 2.05) is 16.8 Å². The Bertz CT molecular complexity index is 1330. The van der Waals surface area contributed by atoms with Gasteiger partial charge in [-0.2, -0.15) is 4.39 Å². The van der Waals surface area contributed by atoms with Gasteiger partial charge in [0.25, 0.3) is 11.5 Å². The zero-order valence-corrected chi connectivity index (χ0v) is 20.2. The molecule has 36 heavy (non-hydrogen) atoms. The molecule has 2 aliphatic heterocycles. The molecule has 0 atom stereocenters. The van der Waals surface area contributed by atoms with E-state index >= 15 is 4.39 Å². The molecule has 0 aromatic carbocycles. The first-order valence-corrected chi connectivity index (χ1v) is 12.3. The van der Waals surface area contributed by atoms with Crippen molar-refractivity contribution < 1.29 is 13.6 Å². The highest BCUT2D eigenvalue weighted by molar-refractivity contribution is 5.92. The number of H-pyrrole nitrogens is 1. The molecule has 3 aromatic rings. The van der Waals surface area contributed by atoms with Crippen molar-refractivity contribution in [1.29, 1.82) is 0 Å². The third-order valence-corrected chi connectivity index (χ3v) is 6.87. The number of anilines is 1. The van der Waals surface area contributed by atoms with Crippen LogP contribution in [0.2, 0.25) is 0 Å². The molecule has 2 fully saturated rings. The van der Waals surface area contributed by atoms with Crippen LogP contribution in [-0.2, 0) is 13.0 Å². The van der Waals surface area contributed by atoms with Crippen molar-refractivity contribution in [1.82, 2.24) is 30.3 Å². The van der Waals surface area contributed by atoms with Crippen LogP contribution in [0.1, 0.15) is 41.4 Å². The molecule has 2 N–H and O–H groups in total. The summed E-state index contributed by atoms with van der Waals surface area (Å²) in [5, 5.41) is 1.82. The Labute approximate surface area is 207 Å². The number of nitrogens with zero attached hydrogens (tertiary/aromatic N) is 5. The zero-order valence-electron chi connectivity index (χ0n) is 20.2. The predicted octanol–water partition coefficient (Wildman–Crippen LogP) is 2.22. The number of rotatable bonds is 6. The maximum absolute atomic E-state index is 15.1.